The Morgan fingerprint density at radius 1 is 1.21 bits per heavy atom. The third kappa shape index (κ3) is 3.97. The van der Waals surface area contributed by atoms with E-state index < -0.39 is 19.7 Å². The summed E-state index contributed by atoms with van der Waals surface area (Å²) in [6.07, 6.45) is 2.18. The minimum Gasteiger partial charge on any atom is -0.387 e. The van der Waals surface area contributed by atoms with Crippen LogP contribution in [0.15, 0.2) is 30.3 Å². The number of carbonyl (C=O) groups is 2. The minimum atomic E-state index is -1.70. The van der Waals surface area contributed by atoms with Crippen LogP contribution in [0.1, 0.15) is 56.0 Å². The van der Waals surface area contributed by atoms with E-state index in [1.807, 2.05) is 44.2 Å². The van der Waals surface area contributed by atoms with Crippen molar-refractivity contribution in [2.75, 3.05) is 11.9 Å². The third-order valence-corrected chi connectivity index (χ3v) is 11.3. The van der Waals surface area contributed by atoms with Crippen molar-refractivity contribution < 1.29 is 14.7 Å². The number of hydrogen-bond acceptors (Lipinski definition) is 4. The van der Waals surface area contributed by atoms with E-state index in [9.17, 15) is 14.7 Å². The van der Waals surface area contributed by atoms with Gasteiger partial charge in [0.1, 0.15) is 0 Å². The van der Waals surface area contributed by atoms with Crippen LogP contribution in [0.5, 0.6) is 0 Å². The highest BCUT2D eigenvalue weighted by Gasteiger charge is 2.54. The van der Waals surface area contributed by atoms with Gasteiger partial charge in [0.05, 0.1) is 32.0 Å². The number of nitrogens with zero attached hydrogens (tertiary/aromatic N) is 2. The molecule has 0 spiro atoms. The van der Waals surface area contributed by atoms with Gasteiger partial charge in [-0.2, -0.15) is 5.10 Å². The Kier molecular flexibility index (Phi) is 5.90. The first-order valence-corrected chi connectivity index (χ1v) is 15.1. The van der Waals surface area contributed by atoms with Crippen molar-refractivity contribution in [1.29, 1.82) is 0 Å². The third-order valence-electron chi connectivity index (χ3n) is 7.66. The van der Waals surface area contributed by atoms with Crippen LogP contribution in [0.2, 0.25) is 24.7 Å². The quantitative estimate of drug-likeness (QED) is 0.477. The molecule has 0 saturated heterocycles. The number of rotatable bonds is 6. The Labute approximate surface area is 196 Å². The van der Waals surface area contributed by atoms with Gasteiger partial charge in [-0.25, -0.2) is 4.79 Å². The zero-order chi connectivity index (χ0) is 24.0. The monoisotopic (exact) mass is 469 g/mol. The summed E-state index contributed by atoms with van der Waals surface area (Å²) in [6.45, 7) is 11.1. The summed E-state index contributed by atoms with van der Waals surface area (Å²) in [5, 5.41) is 23.5. The number of anilines is 1. The first kappa shape index (κ1) is 23.5. The van der Waals surface area contributed by atoms with E-state index in [-0.39, 0.29) is 23.5 Å². The maximum atomic E-state index is 13.3. The molecule has 33 heavy (non-hydrogen) atoms. The predicted molar refractivity (Wildman–Crippen MR) is 130 cm³/mol. The lowest BCUT2D eigenvalue weighted by Gasteiger charge is -2.48. The highest BCUT2D eigenvalue weighted by Crippen LogP contribution is 2.56. The number of aliphatic hydroxyl groups excluding tert-OH is 1. The summed E-state index contributed by atoms with van der Waals surface area (Å²) in [6, 6.07) is 8.99. The van der Waals surface area contributed by atoms with Crippen molar-refractivity contribution in [3.63, 3.8) is 0 Å². The molecular weight excluding hydrogens is 434 g/mol. The number of H-pyrrole nitrogens is 1. The van der Waals surface area contributed by atoms with E-state index in [2.05, 4.69) is 40.5 Å². The molecule has 1 aliphatic heterocycles. The van der Waals surface area contributed by atoms with E-state index >= 15 is 0 Å². The lowest BCUT2D eigenvalue weighted by atomic mass is 9.83. The Bertz CT molecular complexity index is 1040. The topological polar surface area (TPSA) is 110 Å². The van der Waals surface area contributed by atoms with Crippen LogP contribution in [0.3, 0.4) is 0 Å². The second kappa shape index (κ2) is 8.29. The maximum absolute atomic E-state index is 13.3. The number of aromatic amines is 1. The average molecular weight is 470 g/mol. The molecule has 9 heteroatoms. The van der Waals surface area contributed by atoms with Gasteiger partial charge < -0.3 is 20.6 Å². The minimum absolute atomic E-state index is 0.0638. The zero-order valence-corrected chi connectivity index (χ0v) is 21.2. The van der Waals surface area contributed by atoms with E-state index in [0.29, 0.717) is 12.4 Å². The number of aromatic nitrogens is 2. The van der Waals surface area contributed by atoms with Crippen LogP contribution in [0, 0.1) is 0 Å². The molecule has 1 fully saturated rings. The molecule has 0 radical (unpaired) electrons. The van der Waals surface area contributed by atoms with E-state index in [4.69, 9.17) is 0 Å². The van der Waals surface area contributed by atoms with Gasteiger partial charge in [-0.3, -0.25) is 9.89 Å². The van der Waals surface area contributed by atoms with Crippen molar-refractivity contribution in [1.82, 2.24) is 20.4 Å². The van der Waals surface area contributed by atoms with Gasteiger partial charge in [-0.1, -0.05) is 56.4 Å². The predicted octanol–water partition coefficient (Wildman–Crippen LogP) is 4.10. The summed E-state index contributed by atoms with van der Waals surface area (Å²) in [5.74, 6) is 0.584. The molecule has 4 rings (SSSR count). The summed E-state index contributed by atoms with van der Waals surface area (Å²) >= 11 is 0. The smallest absolute Gasteiger partial charge is 0.318 e. The van der Waals surface area contributed by atoms with E-state index in [0.717, 1.165) is 36.1 Å². The first-order chi connectivity index (χ1) is 15.5. The van der Waals surface area contributed by atoms with Crippen molar-refractivity contribution in [3.8, 4) is 0 Å². The molecule has 2 aromatic rings. The molecule has 1 atom stereocenters. The van der Waals surface area contributed by atoms with Crippen LogP contribution in [-0.4, -0.2) is 46.8 Å². The van der Waals surface area contributed by atoms with Crippen molar-refractivity contribution in [3.05, 3.63) is 47.2 Å². The normalized spacial score (nSPS) is 19.4. The highest BCUT2D eigenvalue weighted by molar-refractivity contribution is 6.83. The van der Waals surface area contributed by atoms with Gasteiger partial charge in [0, 0.05) is 17.1 Å². The fourth-order valence-corrected chi connectivity index (χ4v) is 7.69. The van der Waals surface area contributed by atoms with Crippen LogP contribution >= 0.6 is 0 Å². The Morgan fingerprint density at radius 2 is 1.88 bits per heavy atom. The van der Waals surface area contributed by atoms with Crippen molar-refractivity contribution in [2.45, 2.75) is 76.0 Å². The number of benzene rings is 1. The zero-order valence-electron chi connectivity index (χ0n) is 20.2. The van der Waals surface area contributed by atoms with Gasteiger partial charge >= 0.3 is 6.03 Å². The molecule has 178 valence electrons. The molecule has 8 nitrogen and oxygen atoms in total. The molecule has 1 aliphatic carbocycles. The number of urea groups is 1. The lowest BCUT2D eigenvalue weighted by Crippen LogP contribution is -2.52. The molecule has 1 saturated carbocycles. The summed E-state index contributed by atoms with van der Waals surface area (Å²) in [4.78, 5) is 28.0. The van der Waals surface area contributed by atoms with Gasteiger partial charge in [0.15, 0.2) is 5.82 Å². The van der Waals surface area contributed by atoms with E-state index in [1.54, 1.807) is 4.90 Å². The largest absolute Gasteiger partial charge is 0.387 e. The van der Waals surface area contributed by atoms with Crippen LogP contribution in [-0.2, 0) is 16.9 Å². The van der Waals surface area contributed by atoms with Crippen LogP contribution in [0.4, 0.5) is 10.6 Å². The summed E-state index contributed by atoms with van der Waals surface area (Å²) < 4.78 is 0. The van der Waals surface area contributed by atoms with Gasteiger partial charge in [0.2, 0.25) is 5.91 Å². The number of aliphatic hydroxyl groups is 1. The molecule has 3 amide bonds. The fraction of sp³-hybridized carbons (Fsp3) is 0.542. The van der Waals surface area contributed by atoms with Crippen LogP contribution < -0.4 is 10.6 Å². The standard InChI is InChI=1S/C24H35N5O3Si/c1-23(2)19-17(15-29(23)22(32)25-14-18(30)16-10-7-6-8-11-16)20(28-27-19)26-21(31)24(12-9-13-24)33(3,4)5/h6-8,10-11,18,30H,9,12-15H2,1-5H3,(H,25,32)(H2,26,27,28,31). The highest BCUT2D eigenvalue weighted by atomic mass is 28.3. The second-order valence-electron chi connectivity index (χ2n) is 10.8. The Balaban J connectivity index is 1.45. The molecule has 0 bridgehead atoms. The maximum Gasteiger partial charge on any atom is 0.318 e. The number of fused-ring (bicyclic) bond motifs is 1. The fourth-order valence-electron chi connectivity index (χ4n) is 5.09. The molecule has 4 N–H and O–H groups in total. The number of carbonyl (C=O) groups excluding carboxylic acids is 2. The van der Waals surface area contributed by atoms with Crippen molar-refractivity contribution in [2.24, 2.45) is 0 Å². The number of amides is 3. The Hall–Kier alpha value is -2.65. The molecule has 1 aromatic heterocycles. The van der Waals surface area contributed by atoms with Crippen LogP contribution in [0.25, 0.3) is 0 Å². The molecular formula is C24H35N5O3Si. The molecule has 2 heterocycles. The summed E-state index contributed by atoms with van der Waals surface area (Å²) in [7, 11) is -1.70. The number of hydrogen-bond donors (Lipinski definition) is 4. The second-order valence-corrected chi connectivity index (χ2v) is 16.3. The van der Waals surface area contributed by atoms with Gasteiger partial charge in [0.25, 0.3) is 0 Å². The van der Waals surface area contributed by atoms with Gasteiger partial charge in [-0.15, -0.1) is 0 Å². The summed E-state index contributed by atoms with van der Waals surface area (Å²) in [5.41, 5.74) is 1.80. The first-order valence-electron chi connectivity index (χ1n) is 11.6. The van der Waals surface area contributed by atoms with E-state index in [1.165, 1.54) is 0 Å². The average Bonchev–Trinajstić information content (AvgIpc) is 3.22. The molecule has 1 aromatic carbocycles. The number of nitrogens with one attached hydrogen (secondary N) is 3. The Morgan fingerprint density at radius 3 is 2.45 bits per heavy atom. The lowest BCUT2D eigenvalue weighted by molar-refractivity contribution is -0.121. The van der Waals surface area contributed by atoms with Crippen molar-refractivity contribution >= 4 is 25.8 Å². The van der Waals surface area contributed by atoms with Gasteiger partial charge in [-0.05, 0) is 32.3 Å². The molecule has 1 unspecified atom stereocenters. The molecule has 2 aliphatic rings. The SMILES string of the molecule is CC1(C)c2[nH]nc(NC(=O)C3([Si](C)(C)C)CCC3)c2CN1C(=O)NCC(O)c1ccccc1.